The summed E-state index contributed by atoms with van der Waals surface area (Å²) < 4.78 is 0. The van der Waals surface area contributed by atoms with Crippen molar-refractivity contribution in [3.05, 3.63) is 69.5 Å². The van der Waals surface area contributed by atoms with Gasteiger partial charge in [-0.05, 0) is 50.1 Å². The van der Waals surface area contributed by atoms with Gasteiger partial charge in [-0.25, -0.2) is 4.98 Å². The quantitative estimate of drug-likeness (QED) is 0.587. The summed E-state index contributed by atoms with van der Waals surface area (Å²) in [6, 6.07) is 12.1. The maximum absolute atomic E-state index is 12.9. The molecular weight excluding hydrogens is 378 g/mol. The van der Waals surface area contributed by atoms with E-state index < -0.39 is 5.91 Å². The summed E-state index contributed by atoms with van der Waals surface area (Å²) in [5.74, 6) is 0.387. The molecular formula is C23H27N5O2. The normalized spacial score (nSPS) is 14.8. The maximum Gasteiger partial charge on any atom is 0.257 e. The average molecular weight is 406 g/mol. The molecule has 3 heterocycles. The number of nitrogens with one attached hydrogen (secondary N) is 3. The largest absolute Gasteiger partial charge is 0.359 e. The van der Waals surface area contributed by atoms with Gasteiger partial charge in [0, 0.05) is 31.9 Å². The molecule has 0 aliphatic carbocycles. The second-order valence-electron chi connectivity index (χ2n) is 7.73. The smallest absolute Gasteiger partial charge is 0.257 e. The van der Waals surface area contributed by atoms with E-state index in [0.717, 1.165) is 37.3 Å². The molecule has 156 valence electrons. The lowest BCUT2D eigenvalue weighted by molar-refractivity contribution is 0.0949. The summed E-state index contributed by atoms with van der Waals surface area (Å²) in [6.07, 6.45) is 3.73. The molecule has 1 amide bonds. The number of H-pyrrole nitrogens is 1. The third-order valence-electron chi connectivity index (χ3n) is 5.75. The van der Waals surface area contributed by atoms with Gasteiger partial charge in [-0.15, -0.1) is 0 Å². The van der Waals surface area contributed by atoms with Gasteiger partial charge in [-0.1, -0.05) is 24.3 Å². The van der Waals surface area contributed by atoms with Gasteiger partial charge in [-0.2, -0.15) is 0 Å². The van der Waals surface area contributed by atoms with Gasteiger partial charge in [0.15, 0.2) is 0 Å². The van der Waals surface area contributed by atoms with Crippen molar-refractivity contribution >= 4 is 22.8 Å². The number of amides is 1. The minimum absolute atomic E-state index is 0.0778. The number of carbonyl (C=O) groups is 1. The zero-order valence-corrected chi connectivity index (χ0v) is 17.4. The zero-order chi connectivity index (χ0) is 21.1. The van der Waals surface area contributed by atoms with Crippen LogP contribution in [-0.4, -0.2) is 36.0 Å². The first-order chi connectivity index (χ1) is 14.6. The van der Waals surface area contributed by atoms with Crippen LogP contribution in [0.25, 0.3) is 11.0 Å². The molecule has 1 aliphatic heterocycles. The molecule has 7 heteroatoms. The van der Waals surface area contributed by atoms with Crippen molar-refractivity contribution in [2.45, 2.75) is 32.4 Å². The standard InChI is InChI=1S/C23H27N5O2/c1-15(24-2)17-7-5-16(6-8-17)13-26-23(30)18-14-25-19-9-10-20(27-21(19)22(18)29)28-11-3-4-12-28/h5-10,14-15,24H,3-4,11-13H2,1-2H3,(H,25,29)(H,26,30). The van der Waals surface area contributed by atoms with Crippen LogP contribution in [0.2, 0.25) is 0 Å². The molecule has 0 bridgehead atoms. The highest BCUT2D eigenvalue weighted by atomic mass is 16.2. The lowest BCUT2D eigenvalue weighted by Gasteiger charge is -2.16. The highest BCUT2D eigenvalue weighted by molar-refractivity contribution is 5.96. The van der Waals surface area contributed by atoms with E-state index in [-0.39, 0.29) is 17.0 Å². The van der Waals surface area contributed by atoms with E-state index >= 15 is 0 Å². The number of pyridine rings is 2. The average Bonchev–Trinajstić information content (AvgIpc) is 3.32. The van der Waals surface area contributed by atoms with Crippen molar-refractivity contribution in [1.82, 2.24) is 20.6 Å². The fraction of sp³-hybridized carbons (Fsp3) is 0.348. The Morgan fingerprint density at radius 2 is 1.90 bits per heavy atom. The first-order valence-electron chi connectivity index (χ1n) is 10.4. The van der Waals surface area contributed by atoms with Crippen LogP contribution in [0.3, 0.4) is 0 Å². The molecule has 1 saturated heterocycles. The molecule has 1 aromatic carbocycles. The van der Waals surface area contributed by atoms with Gasteiger partial charge in [0.05, 0.1) is 5.52 Å². The second kappa shape index (κ2) is 8.67. The Balaban J connectivity index is 1.51. The van der Waals surface area contributed by atoms with E-state index in [1.807, 2.05) is 43.4 Å². The molecule has 2 aromatic heterocycles. The van der Waals surface area contributed by atoms with Crippen LogP contribution in [-0.2, 0) is 6.54 Å². The SMILES string of the molecule is CNC(C)c1ccc(CNC(=O)c2c[nH]c3ccc(N4CCCC4)nc3c2=O)cc1. The van der Waals surface area contributed by atoms with Crippen molar-refractivity contribution in [1.29, 1.82) is 0 Å². The topological polar surface area (TPSA) is 90.1 Å². The monoisotopic (exact) mass is 405 g/mol. The molecule has 1 fully saturated rings. The van der Waals surface area contributed by atoms with Gasteiger partial charge < -0.3 is 20.5 Å². The first kappa shape index (κ1) is 20.1. The summed E-state index contributed by atoms with van der Waals surface area (Å²) in [6.45, 7) is 4.34. The molecule has 4 rings (SSSR count). The van der Waals surface area contributed by atoms with E-state index in [1.54, 1.807) is 0 Å². The number of rotatable bonds is 6. The lowest BCUT2D eigenvalue weighted by atomic mass is 10.1. The van der Waals surface area contributed by atoms with E-state index in [0.29, 0.717) is 17.6 Å². The van der Waals surface area contributed by atoms with Crippen LogP contribution in [0, 0.1) is 0 Å². The number of benzene rings is 1. The van der Waals surface area contributed by atoms with Gasteiger partial charge >= 0.3 is 0 Å². The lowest BCUT2D eigenvalue weighted by Crippen LogP contribution is -2.29. The van der Waals surface area contributed by atoms with Crippen molar-refractivity contribution < 1.29 is 4.79 Å². The van der Waals surface area contributed by atoms with Crippen molar-refractivity contribution in [3.63, 3.8) is 0 Å². The van der Waals surface area contributed by atoms with Crippen LogP contribution in [0.5, 0.6) is 0 Å². The third kappa shape index (κ3) is 4.07. The fourth-order valence-corrected chi connectivity index (χ4v) is 3.74. The number of aromatic nitrogens is 2. The Morgan fingerprint density at radius 3 is 2.60 bits per heavy atom. The number of hydrogen-bond acceptors (Lipinski definition) is 5. The molecule has 1 aliphatic rings. The number of aromatic amines is 1. The van der Waals surface area contributed by atoms with Crippen LogP contribution < -0.4 is 21.0 Å². The van der Waals surface area contributed by atoms with Crippen molar-refractivity contribution in [3.8, 4) is 0 Å². The van der Waals surface area contributed by atoms with Gasteiger partial charge in [-0.3, -0.25) is 9.59 Å². The molecule has 1 unspecified atom stereocenters. The molecule has 3 N–H and O–H groups in total. The Morgan fingerprint density at radius 1 is 1.17 bits per heavy atom. The van der Waals surface area contributed by atoms with E-state index in [4.69, 9.17) is 0 Å². The minimum atomic E-state index is -0.404. The molecule has 0 radical (unpaired) electrons. The van der Waals surface area contributed by atoms with Crippen molar-refractivity contribution in [2.75, 3.05) is 25.0 Å². The van der Waals surface area contributed by atoms with E-state index in [2.05, 4.69) is 32.4 Å². The summed E-state index contributed by atoms with van der Waals surface area (Å²) in [5.41, 5.74) is 2.82. The first-order valence-corrected chi connectivity index (χ1v) is 10.4. The fourth-order valence-electron chi connectivity index (χ4n) is 3.74. The van der Waals surface area contributed by atoms with E-state index in [1.165, 1.54) is 11.8 Å². The van der Waals surface area contributed by atoms with Gasteiger partial charge in [0.1, 0.15) is 16.9 Å². The highest BCUT2D eigenvalue weighted by Crippen LogP contribution is 2.19. The molecule has 30 heavy (non-hydrogen) atoms. The van der Waals surface area contributed by atoms with Crippen LogP contribution in [0.15, 0.2) is 47.4 Å². The Hall–Kier alpha value is -3.19. The summed E-state index contributed by atoms with van der Waals surface area (Å²) in [5, 5.41) is 6.04. The molecule has 7 nitrogen and oxygen atoms in total. The Bertz CT molecular complexity index is 1100. The Kier molecular flexibility index (Phi) is 5.81. The summed E-state index contributed by atoms with van der Waals surface area (Å²) in [7, 11) is 1.92. The predicted molar refractivity (Wildman–Crippen MR) is 119 cm³/mol. The third-order valence-corrected chi connectivity index (χ3v) is 5.75. The van der Waals surface area contributed by atoms with Gasteiger partial charge in [0.2, 0.25) is 5.43 Å². The summed E-state index contributed by atoms with van der Waals surface area (Å²) in [4.78, 5) is 35.4. The zero-order valence-electron chi connectivity index (χ0n) is 17.4. The molecule has 1 atom stereocenters. The maximum atomic E-state index is 12.9. The highest BCUT2D eigenvalue weighted by Gasteiger charge is 2.17. The van der Waals surface area contributed by atoms with Crippen molar-refractivity contribution in [2.24, 2.45) is 0 Å². The minimum Gasteiger partial charge on any atom is -0.359 e. The second-order valence-corrected chi connectivity index (χ2v) is 7.73. The molecule has 0 saturated carbocycles. The number of carbonyl (C=O) groups excluding carboxylic acids is 1. The van der Waals surface area contributed by atoms with E-state index in [9.17, 15) is 9.59 Å². The van der Waals surface area contributed by atoms with Crippen LogP contribution in [0.1, 0.15) is 47.3 Å². The summed E-state index contributed by atoms with van der Waals surface area (Å²) >= 11 is 0. The Labute approximate surface area is 175 Å². The number of anilines is 1. The number of fused-ring (bicyclic) bond motifs is 1. The molecule has 0 spiro atoms. The van der Waals surface area contributed by atoms with Crippen LogP contribution >= 0.6 is 0 Å². The number of hydrogen-bond donors (Lipinski definition) is 3. The number of nitrogens with zero attached hydrogens (tertiary/aromatic N) is 2. The predicted octanol–water partition coefficient (Wildman–Crippen LogP) is 2.73. The van der Waals surface area contributed by atoms with Gasteiger partial charge in [0.25, 0.3) is 5.91 Å². The van der Waals surface area contributed by atoms with Crippen LogP contribution in [0.4, 0.5) is 5.82 Å². The molecule has 3 aromatic rings.